The molecule has 1 atom stereocenters. The van der Waals surface area contributed by atoms with Crippen molar-refractivity contribution in [2.75, 3.05) is 14.2 Å². The van der Waals surface area contributed by atoms with Gasteiger partial charge in [-0.3, -0.25) is 9.59 Å². The third kappa shape index (κ3) is 5.39. The number of primary amides is 1. The van der Waals surface area contributed by atoms with Crippen molar-refractivity contribution >= 4 is 11.8 Å². The second-order valence-corrected chi connectivity index (χ2v) is 8.98. The molecule has 0 saturated carbocycles. The number of rotatable bonds is 10. The lowest BCUT2D eigenvalue weighted by Gasteiger charge is -2.33. The third-order valence-corrected chi connectivity index (χ3v) is 6.53. The second kappa shape index (κ2) is 11.4. The number of benzene rings is 2. The number of pyridine rings is 1. The molecule has 41 heavy (non-hydrogen) atoms. The standard InChI is InChI=1S/C29H26FN5O6/c1-38-20-8-5-18(6-9-20)16-25(29(28(31)37)40-14-15-41-29)33-27(36)22-4-3-12-32-26(22)35-13-11-23(34-35)21-10-7-19(30)17-24(21)39-2/h3-15,17,25H,16H2,1-2H3,(H2,31,37)(H,33,36). The van der Waals surface area contributed by atoms with Crippen molar-refractivity contribution in [3.05, 3.63) is 103 Å². The summed E-state index contributed by atoms with van der Waals surface area (Å²) >= 11 is 0. The van der Waals surface area contributed by atoms with Gasteiger partial charge in [0.25, 0.3) is 5.91 Å². The average molecular weight is 560 g/mol. The Morgan fingerprint density at radius 2 is 1.83 bits per heavy atom. The summed E-state index contributed by atoms with van der Waals surface area (Å²) in [7, 11) is 2.99. The first-order valence-electron chi connectivity index (χ1n) is 12.4. The van der Waals surface area contributed by atoms with Gasteiger partial charge in [-0.25, -0.2) is 14.1 Å². The van der Waals surface area contributed by atoms with Gasteiger partial charge in [-0.2, -0.15) is 5.10 Å². The minimum absolute atomic E-state index is 0.131. The van der Waals surface area contributed by atoms with Crippen molar-refractivity contribution in [1.82, 2.24) is 20.1 Å². The van der Waals surface area contributed by atoms with Gasteiger partial charge in [0.05, 0.1) is 25.5 Å². The molecule has 12 heteroatoms. The largest absolute Gasteiger partial charge is 0.497 e. The van der Waals surface area contributed by atoms with Crippen LogP contribution in [-0.4, -0.2) is 52.6 Å². The highest BCUT2D eigenvalue weighted by molar-refractivity contribution is 5.98. The van der Waals surface area contributed by atoms with Crippen molar-refractivity contribution < 1.29 is 32.9 Å². The maximum Gasteiger partial charge on any atom is 0.352 e. The molecule has 3 N–H and O–H groups in total. The summed E-state index contributed by atoms with van der Waals surface area (Å²) in [6.45, 7) is 0. The molecule has 1 unspecified atom stereocenters. The van der Waals surface area contributed by atoms with Gasteiger partial charge in [-0.05, 0) is 48.0 Å². The fourth-order valence-corrected chi connectivity index (χ4v) is 4.47. The summed E-state index contributed by atoms with van der Waals surface area (Å²) in [6.07, 6.45) is 5.65. The zero-order chi connectivity index (χ0) is 29.0. The first-order valence-corrected chi connectivity index (χ1v) is 12.4. The molecular formula is C29H26FN5O6. The van der Waals surface area contributed by atoms with Crippen molar-refractivity contribution in [2.45, 2.75) is 18.2 Å². The summed E-state index contributed by atoms with van der Waals surface area (Å²) in [5.41, 5.74) is 7.64. The van der Waals surface area contributed by atoms with E-state index in [-0.39, 0.29) is 17.8 Å². The first kappa shape index (κ1) is 27.2. The number of amides is 2. The summed E-state index contributed by atoms with van der Waals surface area (Å²) in [5.74, 6) is -2.77. The summed E-state index contributed by atoms with van der Waals surface area (Å²) < 4.78 is 36.7. The number of nitrogens with two attached hydrogens (primary N) is 1. The molecule has 2 aromatic heterocycles. The molecule has 11 nitrogen and oxygen atoms in total. The second-order valence-electron chi connectivity index (χ2n) is 8.98. The molecule has 4 aromatic rings. The number of nitrogens with one attached hydrogen (secondary N) is 1. The average Bonchev–Trinajstić information content (AvgIpc) is 3.69. The van der Waals surface area contributed by atoms with Gasteiger partial charge in [-0.1, -0.05) is 12.1 Å². The quantitative estimate of drug-likeness (QED) is 0.302. The number of carbonyl (C=O) groups is 2. The molecule has 5 rings (SSSR count). The molecule has 0 bridgehead atoms. The van der Waals surface area contributed by atoms with Crippen LogP contribution in [0.1, 0.15) is 15.9 Å². The molecule has 1 aliphatic heterocycles. The lowest BCUT2D eigenvalue weighted by Crippen LogP contribution is -2.61. The predicted octanol–water partition coefficient (Wildman–Crippen LogP) is 3.13. The Balaban J connectivity index is 1.46. The van der Waals surface area contributed by atoms with Crippen LogP contribution in [0.5, 0.6) is 11.5 Å². The maximum absolute atomic E-state index is 13.7. The number of nitrogens with zero attached hydrogens (tertiary/aromatic N) is 3. The predicted molar refractivity (Wildman–Crippen MR) is 144 cm³/mol. The maximum atomic E-state index is 13.7. The van der Waals surface area contributed by atoms with Gasteiger partial charge in [0, 0.05) is 30.4 Å². The SMILES string of the molecule is COc1ccc(CC(NC(=O)c2cccnc2-n2ccc(-c3ccc(F)cc3OC)n2)C2(C(N)=O)OC=CO2)cc1. The highest BCUT2D eigenvalue weighted by Gasteiger charge is 2.51. The van der Waals surface area contributed by atoms with E-state index < -0.39 is 29.5 Å². The number of aromatic nitrogens is 3. The molecule has 3 heterocycles. The van der Waals surface area contributed by atoms with Gasteiger partial charge in [0.15, 0.2) is 5.82 Å². The lowest BCUT2D eigenvalue weighted by atomic mass is 9.97. The highest BCUT2D eigenvalue weighted by Crippen LogP contribution is 2.31. The number of methoxy groups -OCH3 is 2. The molecule has 0 fully saturated rings. The van der Waals surface area contributed by atoms with Crippen LogP contribution >= 0.6 is 0 Å². The number of carbonyl (C=O) groups excluding carboxylic acids is 2. The van der Waals surface area contributed by atoms with Crippen LogP contribution in [0.4, 0.5) is 4.39 Å². The normalized spacial score (nSPS) is 14.0. The molecule has 1 aliphatic rings. The van der Waals surface area contributed by atoms with E-state index >= 15 is 0 Å². The van der Waals surface area contributed by atoms with Crippen molar-refractivity contribution in [3.8, 4) is 28.6 Å². The van der Waals surface area contributed by atoms with Crippen LogP contribution in [0.25, 0.3) is 17.1 Å². The van der Waals surface area contributed by atoms with E-state index in [0.717, 1.165) is 5.56 Å². The van der Waals surface area contributed by atoms with Crippen LogP contribution in [0.15, 0.2) is 85.6 Å². The Morgan fingerprint density at radius 3 is 2.51 bits per heavy atom. The van der Waals surface area contributed by atoms with Gasteiger partial charge < -0.3 is 30.0 Å². The highest BCUT2D eigenvalue weighted by atomic mass is 19.1. The minimum atomic E-state index is -1.98. The molecular weight excluding hydrogens is 533 g/mol. The molecule has 0 saturated heterocycles. The summed E-state index contributed by atoms with van der Waals surface area (Å²) in [4.78, 5) is 30.7. The Labute approximate surface area is 234 Å². The van der Waals surface area contributed by atoms with Crippen LogP contribution in [0, 0.1) is 5.82 Å². The van der Waals surface area contributed by atoms with E-state index in [1.807, 2.05) is 0 Å². The molecule has 0 aliphatic carbocycles. The fourth-order valence-electron chi connectivity index (χ4n) is 4.47. The number of ether oxygens (including phenoxy) is 4. The number of hydrogen-bond acceptors (Lipinski definition) is 8. The van der Waals surface area contributed by atoms with E-state index in [4.69, 9.17) is 24.7 Å². The lowest BCUT2D eigenvalue weighted by molar-refractivity contribution is -0.182. The molecule has 2 amide bonds. The van der Waals surface area contributed by atoms with E-state index in [2.05, 4.69) is 15.4 Å². The van der Waals surface area contributed by atoms with Gasteiger partial charge in [-0.15, -0.1) is 0 Å². The van der Waals surface area contributed by atoms with E-state index in [9.17, 15) is 14.0 Å². The number of halogens is 1. The van der Waals surface area contributed by atoms with Crippen LogP contribution in [0.2, 0.25) is 0 Å². The van der Waals surface area contributed by atoms with Crippen LogP contribution in [0.3, 0.4) is 0 Å². The Kier molecular flexibility index (Phi) is 7.55. The Bertz CT molecular complexity index is 1600. The van der Waals surface area contributed by atoms with Gasteiger partial charge >= 0.3 is 11.7 Å². The molecule has 0 radical (unpaired) electrons. The Hall–Kier alpha value is -5.39. The first-order chi connectivity index (χ1) is 19.8. The fraction of sp³-hybridized carbons (Fsp3) is 0.172. The minimum Gasteiger partial charge on any atom is -0.497 e. The van der Waals surface area contributed by atoms with Crippen molar-refractivity contribution in [1.29, 1.82) is 0 Å². The summed E-state index contributed by atoms with van der Waals surface area (Å²) in [5, 5.41) is 7.38. The molecule has 2 aromatic carbocycles. The van der Waals surface area contributed by atoms with Crippen molar-refractivity contribution in [2.24, 2.45) is 5.73 Å². The topological polar surface area (TPSA) is 140 Å². The summed E-state index contributed by atoms with van der Waals surface area (Å²) in [6, 6.07) is 15.0. The number of hydrogen-bond donors (Lipinski definition) is 2. The smallest absolute Gasteiger partial charge is 0.352 e. The van der Waals surface area contributed by atoms with E-state index in [0.29, 0.717) is 22.8 Å². The van der Waals surface area contributed by atoms with E-state index in [1.54, 1.807) is 61.8 Å². The zero-order valence-corrected chi connectivity index (χ0v) is 22.1. The zero-order valence-electron chi connectivity index (χ0n) is 22.1. The van der Waals surface area contributed by atoms with Crippen LogP contribution < -0.4 is 20.5 Å². The van der Waals surface area contributed by atoms with E-state index in [1.165, 1.54) is 42.6 Å². The van der Waals surface area contributed by atoms with Crippen LogP contribution in [-0.2, 0) is 20.7 Å². The monoisotopic (exact) mass is 559 g/mol. The van der Waals surface area contributed by atoms with Crippen molar-refractivity contribution in [3.63, 3.8) is 0 Å². The van der Waals surface area contributed by atoms with Gasteiger partial charge in [0.1, 0.15) is 35.9 Å². The third-order valence-electron chi connectivity index (χ3n) is 6.53. The van der Waals surface area contributed by atoms with Gasteiger partial charge in [0.2, 0.25) is 0 Å². The Morgan fingerprint density at radius 1 is 1.07 bits per heavy atom. The molecule has 0 spiro atoms. The molecule has 210 valence electrons.